The maximum Gasteiger partial charge on any atom is 0.272 e. The second-order valence-corrected chi connectivity index (χ2v) is 11.1. The van der Waals surface area contributed by atoms with E-state index in [2.05, 4.69) is 20.1 Å². The molecule has 200 valence electrons. The predicted molar refractivity (Wildman–Crippen MR) is 143 cm³/mol. The Bertz CT molecular complexity index is 1560. The van der Waals surface area contributed by atoms with E-state index in [9.17, 15) is 9.18 Å². The quantitative estimate of drug-likeness (QED) is 0.387. The van der Waals surface area contributed by atoms with Crippen LogP contribution in [0, 0.1) is 17.7 Å². The SMILES string of the molecule is Cn1nc(-c2ncccn2)cc1C(=O)N1C[C@@H]2[C@H](C1)[C@@H]2Oc1cc(C(C)(C)N)cc(-c2ccc(F)cc2Cl)n1. The number of hydrogen-bond acceptors (Lipinski definition) is 7. The number of benzene rings is 1. The van der Waals surface area contributed by atoms with Crippen LogP contribution >= 0.6 is 11.6 Å². The molecule has 0 radical (unpaired) electrons. The number of aryl methyl sites for hydroxylation is 1. The summed E-state index contributed by atoms with van der Waals surface area (Å²) in [6.45, 7) is 4.95. The molecule has 2 fully saturated rings. The van der Waals surface area contributed by atoms with Gasteiger partial charge in [0, 0.05) is 67.6 Å². The lowest BCUT2D eigenvalue weighted by atomic mass is 9.95. The molecule has 0 unspecified atom stereocenters. The monoisotopic (exact) mass is 547 g/mol. The fourth-order valence-corrected chi connectivity index (χ4v) is 5.36. The van der Waals surface area contributed by atoms with Crippen LogP contribution in [0.2, 0.25) is 5.02 Å². The molecule has 1 aliphatic carbocycles. The number of likely N-dealkylation sites (tertiary alicyclic amines) is 1. The molecule has 2 aliphatic rings. The number of rotatable bonds is 6. The van der Waals surface area contributed by atoms with Gasteiger partial charge in [-0.25, -0.2) is 19.3 Å². The standard InChI is InChI=1S/C28H27ClFN7O2/c1-28(2,31)15-9-21(17-6-5-16(30)11-20(17)29)34-24(10-15)39-25-18-13-37(14-19(18)25)27(38)23-12-22(35-36(23)3)26-32-7-4-8-33-26/h4-12,18-19,25H,13-14,31H2,1-3H3/t18-,19+,25-. The van der Waals surface area contributed by atoms with Crippen LogP contribution in [-0.4, -0.2) is 54.7 Å². The molecule has 0 spiro atoms. The van der Waals surface area contributed by atoms with E-state index < -0.39 is 11.4 Å². The number of fused-ring (bicyclic) bond motifs is 1. The summed E-state index contributed by atoms with van der Waals surface area (Å²) in [6, 6.07) is 11.3. The fraction of sp³-hybridized carbons (Fsp3) is 0.321. The zero-order chi connectivity index (χ0) is 27.5. The normalized spacial score (nSPS) is 20.2. The van der Waals surface area contributed by atoms with Gasteiger partial charge in [-0.2, -0.15) is 5.10 Å². The van der Waals surface area contributed by atoms with Gasteiger partial charge in [0.15, 0.2) is 5.82 Å². The highest BCUT2D eigenvalue weighted by molar-refractivity contribution is 6.33. The minimum absolute atomic E-state index is 0.0611. The van der Waals surface area contributed by atoms with Crippen LogP contribution in [0.5, 0.6) is 5.88 Å². The van der Waals surface area contributed by atoms with Gasteiger partial charge in [-0.05, 0) is 49.7 Å². The summed E-state index contributed by atoms with van der Waals surface area (Å²) in [7, 11) is 1.74. The van der Waals surface area contributed by atoms with Crippen molar-refractivity contribution in [1.29, 1.82) is 0 Å². The average molecular weight is 548 g/mol. The summed E-state index contributed by atoms with van der Waals surface area (Å²) >= 11 is 6.32. The average Bonchev–Trinajstić information content (AvgIpc) is 3.21. The van der Waals surface area contributed by atoms with Crippen LogP contribution in [-0.2, 0) is 12.6 Å². The molecule has 0 bridgehead atoms. The molecule has 6 rings (SSSR count). The molecule has 1 aliphatic heterocycles. The molecule has 39 heavy (non-hydrogen) atoms. The molecule has 9 nitrogen and oxygen atoms in total. The number of halogens is 2. The van der Waals surface area contributed by atoms with Crippen molar-refractivity contribution in [3.63, 3.8) is 0 Å². The van der Waals surface area contributed by atoms with E-state index in [1.54, 1.807) is 42.3 Å². The first kappa shape index (κ1) is 25.4. The Kier molecular flexibility index (Phi) is 6.11. The van der Waals surface area contributed by atoms with E-state index in [1.807, 2.05) is 30.9 Å². The van der Waals surface area contributed by atoms with Crippen molar-refractivity contribution in [2.45, 2.75) is 25.5 Å². The highest BCUT2D eigenvalue weighted by Crippen LogP contribution is 2.48. The van der Waals surface area contributed by atoms with Crippen LogP contribution in [0.25, 0.3) is 22.8 Å². The second-order valence-electron chi connectivity index (χ2n) is 10.7. The highest BCUT2D eigenvalue weighted by Gasteiger charge is 2.59. The van der Waals surface area contributed by atoms with Crippen LogP contribution in [0.1, 0.15) is 29.9 Å². The number of carbonyl (C=O) groups excluding carboxylic acids is 1. The lowest BCUT2D eigenvalue weighted by Crippen LogP contribution is -2.34. The fourth-order valence-electron chi connectivity index (χ4n) is 5.09. The molecule has 1 saturated heterocycles. The highest BCUT2D eigenvalue weighted by atomic mass is 35.5. The zero-order valence-corrected chi connectivity index (χ0v) is 22.4. The van der Waals surface area contributed by atoms with E-state index in [-0.39, 0.29) is 28.9 Å². The van der Waals surface area contributed by atoms with Crippen LogP contribution < -0.4 is 10.5 Å². The number of nitrogens with zero attached hydrogens (tertiary/aromatic N) is 6. The van der Waals surface area contributed by atoms with E-state index in [4.69, 9.17) is 22.1 Å². The summed E-state index contributed by atoms with van der Waals surface area (Å²) < 4.78 is 21.5. The number of pyridine rings is 1. The largest absolute Gasteiger partial charge is 0.474 e. The van der Waals surface area contributed by atoms with E-state index in [1.165, 1.54) is 12.1 Å². The molecule has 3 aromatic heterocycles. The lowest BCUT2D eigenvalue weighted by molar-refractivity contribution is 0.0740. The number of hydrogen-bond donors (Lipinski definition) is 1. The van der Waals surface area contributed by atoms with Crippen molar-refractivity contribution in [1.82, 2.24) is 29.6 Å². The topological polar surface area (TPSA) is 112 Å². The summed E-state index contributed by atoms with van der Waals surface area (Å²) in [5, 5.41) is 4.68. The van der Waals surface area contributed by atoms with Gasteiger partial charge in [-0.15, -0.1) is 0 Å². The second kappa shape index (κ2) is 9.39. The van der Waals surface area contributed by atoms with Gasteiger partial charge in [-0.1, -0.05) is 11.6 Å². The molecule has 1 aromatic carbocycles. The third-order valence-corrected chi connectivity index (χ3v) is 7.62. The van der Waals surface area contributed by atoms with E-state index in [0.29, 0.717) is 47.4 Å². The molecule has 4 heterocycles. The Morgan fingerprint density at radius 1 is 1.10 bits per heavy atom. The zero-order valence-electron chi connectivity index (χ0n) is 21.7. The molecular formula is C28H27ClFN7O2. The number of piperidine rings is 1. The van der Waals surface area contributed by atoms with Gasteiger partial charge in [0.2, 0.25) is 5.88 Å². The van der Waals surface area contributed by atoms with Gasteiger partial charge >= 0.3 is 0 Å². The Balaban J connectivity index is 1.17. The summed E-state index contributed by atoms with van der Waals surface area (Å²) in [5.41, 5.74) is 8.75. The minimum atomic E-state index is -0.655. The van der Waals surface area contributed by atoms with Crippen molar-refractivity contribution < 1.29 is 13.9 Å². The van der Waals surface area contributed by atoms with Crippen molar-refractivity contribution in [2.75, 3.05) is 13.1 Å². The molecule has 11 heteroatoms. The van der Waals surface area contributed by atoms with Crippen molar-refractivity contribution in [3.05, 3.63) is 77.0 Å². The van der Waals surface area contributed by atoms with E-state index >= 15 is 0 Å². The van der Waals surface area contributed by atoms with Crippen molar-refractivity contribution in [2.24, 2.45) is 24.6 Å². The van der Waals surface area contributed by atoms with Crippen molar-refractivity contribution in [3.8, 4) is 28.7 Å². The van der Waals surface area contributed by atoms with Gasteiger partial charge in [0.1, 0.15) is 23.3 Å². The molecule has 4 aromatic rings. The number of nitrogens with two attached hydrogens (primary N) is 1. The Morgan fingerprint density at radius 2 is 1.82 bits per heavy atom. The number of ether oxygens (including phenoxy) is 1. The number of aromatic nitrogens is 5. The molecule has 1 saturated carbocycles. The Morgan fingerprint density at radius 3 is 2.49 bits per heavy atom. The smallest absolute Gasteiger partial charge is 0.272 e. The van der Waals surface area contributed by atoms with Crippen molar-refractivity contribution >= 4 is 17.5 Å². The first-order valence-electron chi connectivity index (χ1n) is 12.6. The summed E-state index contributed by atoms with van der Waals surface area (Å²) in [6.07, 6.45) is 3.22. The maximum atomic E-state index is 13.6. The van der Waals surface area contributed by atoms with Crippen LogP contribution in [0.4, 0.5) is 4.39 Å². The first-order chi connectivity index (χ1) is 18.6. The minimum Gasteiger partial charge on any atom is -0.474 e. The van der Waals surface area contributed by atoms with Gasteiger partial charge in [-0.3, -0.25) is 9.48 Å². The van der Waals surface area contributed by atoms with Gasteiger partial charge in [0.05, 0.1) is 10.7 Å². The predicted octanol–water partition coefficient (Wildman–Crippen LogP) is 4.07. The number of amides is 1. The van der Waals surface area contributed by atoms with Gasteiger partial charge < -0.3 is 15.4 Å². The molecule has 1 amide bonds. The number of carbonyl (C=O) groups is 1. The third-order valence-electron chi connectivity index (χ3n) is 7.31. The summed E-state index contributed by atoms with van der Waals surface area (Å²) in [5.74, 6) is 0.800. The summed E-state index contributed by atoms with van der Waals surface area (Å²) in [4.78, 5) is 28.2. The first-order valence-corrected chi connectivity index (χ1v) is 13.0. The van der Waals surface area contributed by atoms with Gasteiger partial charge in [0.25, 0.3) is 5.91 Å². The van der Waals surface area contributed by atoms with Crippen LogP contribution in [0.3, 0.4) is 0 Å². The molecule has 2 N–H and O–H groups in total. The lowest BCUT2D eigenvalue weighted by Gasteiger charge is -2.22. The molecule has 3 atom stereocenters. The van der Waals surface area contributed by atoms with E-state index in [0.717, 1.165) is 5.56 Å². The third kappa shape index (κ3) is 4.86. The maximum absolute atomic E-state index is 13.6. The Labute approximate surface area is 229 Å². The molecular weight excluding hydrogens is 521 g/mol. The Hall–Kier alpha value is -3.89. The van der Waals surface area contributed by atoms with Crippen LogP contribution in [0.15, 0.2) is 54.9 Å².